The molecule has 0 N–H and O–H groups in total. The van der Waals surface area contributed by atoms with Gasteiger partial charge in [-0.05, 0) is 74.4 Å². The number of rotatable bonds is 15. The summed E-state index contributed by atoms with van der Waals surface area (Å²) in [7, 11) is -1.71. The molecule has 0 bridgehead atoms. The Balaban J connectivity index is 1.57. The van der Waals surface area contributed by atoms with Gasteiger partial charge in [0, 0.05) is 13.0 Å². The van der Waals surface area contributed by atoms with E-state index in [0.717, 1.165) is 63.1 Å². The first-order valence-electron chi connectivity index (χ1n) is 15.7. The fourth-order valence-electron chi connectivity index (χ4n) is 5.20. The van der Waals surface area contributed by atoms with Gasteiger partial charge in [0.25, 0.3) is 0 Å². The molecule has 2 fully saturated rings. The highest BCUT2D eigenvalue weighted by molar-refractivity contribution is 6.83. The van der Waals surface area contributed by atoms with Crippen molar-refractivity contribution in [2.45, 2.75) is 135 Å². The molecule has 8 heteroatoms. The minimum atomic E-state index is -1.94. The summed E-state index contributed by atoms with van der Waals surface area (Å²) < 4.78 is 36.8. The van der Waals surface area contributed by atoms with E-state index >= 15 is 0 Å². The highest BCUT2D eigenvalue weighted by Crippen LogP contribution is 2.40. The fourth-order valence-corrected chi connectivity index (χ4v) is 8.21. The monoisotopic (exact) mass is 606 g/mol. The second-order valence-corrected chi connectivity index (χ2v) is 24.2. The average molecular weight is 607 g/mol. The van der Waals surface area contributed by atoms with Crippen LogP contribution in [-0.4, -0.2) is 67.9 Å². The van der Waals surface area contributed by atoms with Gasteiger partial charge in [0.1, 0.15) is 11.9 Å². The fraction of sp³-hybridized carbons (Fsp3) is 0.758. The van der Waals surface area contributed by atoms with Gasteiger partial charge in [-0.15, -0.1) is 0 Å². The van der Waals surface area contributed by atoms with Gasteiger partial charge in [0.05, 0.1) is 47.2 Å². The zero-order valence-corrected chi connectivity index (χ0v) is 29.4. The van der Waals surface area contributed by atoms with Gasteiger partial charge < -0.3 is 28.1 Å². The lowest BCUT2D eigenvalue weighted by Crippen LogP contribution is -2.46. The maximum absolute atomic E-state index is 6.93. The topological polar surface area (TPSA) is 55.4 Å². The van der Waals surface area contributed by atoms with Crippen LogP contribution in [0.4, 0.5) is 0 Å². The Hall–Kier alpha value is -1.01. The van der Waals surface area contributed by atoms with Gasteiger partial charge in [-0.1, -0.05) is 63.8 Å². The molecule has 0 saturated carbocycles. The van der Waals surface area contributed by atoms with E-state index in [-0.39, 0.29) is 29.6 Å². The standard InChI is InChI=1S/C33H58O6Si2/c1-33(2,3)41(8,9)39-30-23-28(38-31(30)25-35-24-26-15-17-27(34-4)18-16-26)19-20-29(40(5,6)7)13-12-22-37-32-14-10-11-21-36-32/h13,15-18,28,30-32H,10-12,14,19-25H2,1-9H3/b29-13+/t28-,30-,31-,32?/m0/s1. The second-order valence-electron chi connectivity index (χ2n) is 14.3. The first-order chi connectivity index (χ1) is 19.3. The van der Waals surface area contributed by atoms with Crippen LogP contribution in [0.25, 0.3) is 0 Å². The first kappa shape index (κ1) is 34.5. The second kappa shape index (κ2) is 15.6. The molecule has 0 radical (unpaired) electrons. The van der Waals surface area contributed by atoms with Gasteiger partial charge in [-0.3, -0.25) is 0 Å². The van der Waals surface area contributed by atoms with Crippen LogP contribution in [0.15, 0.2) is 35.5 Å². The molecular formula is C33H58O6Si2. The molecule has 1 aromatic carbocycles. The van der Waals surface area contributed by atoms with Crippen LogP contribution in [0.1, 0.15) is 71.3 Å². The number of hydrogen-bond donors (Lipinski definition) is 0. The van der Waals surface area contributed by atoms with Crippen LogP contribution >= 0.6 is 0 Å². The molecule has 41 heavy (non-hydrogen) atoms. The van der Waals surface area contributed by atoms with Gasteiger partial charge in [0.2, 0.25) is 0 Å². The number of ether oxygens (including phenoxy) is 5. The minimum absolute atomic E-state index is 0.0129. The van der Waals surface area contributed by atoms with Gasteiger partial charge in [-0.25, -0.2) is 0 Å². The summed E-state index contributed by atoms with van der Waals surface area (Å²) >= 11 is 0. The molecule has 6 nitrogen and oxygen atoms in total. The molecule has 1 aromatic rings. The minimum Gasteiger partial charge on any atom is -0.497 e. The Morgan fingerprint density at radius 2 is 1.78 bits per heavy atom. The number of allylic oxidation sites excluding steroid dienone is 1. The maximum atomic E-state index is 6.93. The summed E-state index contributed by atoms with van der Waals surface area (Å²) in [5.41, 5.74) is 1.13. The Morgan fingerprint density at radius 1 is 1.05 bits per heavy atom. The van der Waals surface area contributed by atoms with E-state index in [1.807, 2.05) is 12.1 Å². The molecule has 0 aliphatic carbocycles. The summed E-state index contributed by atoms with van der Waals surface area (Å²) in [6.07, 6.45) is 10.0. The Kier molecular flexibility index (Phi) is 13.2. The number of methoxy groups -OCH3 is 1. The van der Waals surface area contributed by atoms with Crippen molar-refractivity contribution in [2.75, 3.05) is 26.9 Å². The van der Waals surface area contributed by atoms with Crippen molar-refractivity contribution in [3.05, 3.63) is 41.1 Å². The van der Waals surface area contributed by atoms with E-state index in [2.05, 4.69) is 71.7 Å². The summed E-state index contributed by atoms with van der Waals surface area (Å²) in [6, 6.07) is 8.06. The molecule has 4 atom stereocenters. The zero-order chi connectivity index (χ0) is 30.1. The molecule has 234 valence electrons. The Morgan fingerprint density at radius 3 is 2.39 bits per heavy atom. The van der Waals surface area contributed by atoms with Gasteiger partial charge in [0.15, 0.2) is 14.6 Å². The lowest BCUT2D eigenvalue weighted by Gasteiger charge is -2.39. The molecule has 0 amide bonds. The van der Waals surface area contributed by atoms with Crippen molar-refractivity contribution in [2.24, 2.45) is 0 Å². The van der Waals surface area contributed by atoms with E-state index < -0.39 is 16.4 Å². The van der Waals surface area contributed by atoms with Crippen molar-refractivity contribution in [1.29, 1.82) is 0 Å². The predicted molar refractivity (Wildman–Crippen MR) is 173 cm³/mol. The average Bonchev–Trinajstić information content (AvgIpc) is 3.28. The first-order valence-corrected chi connectivity index (χ1v) is 22.2. The van der Waals surface area contributed by atoms with E-state index in [9.17, 15) is 0 Å². The summed E-state index contributed by atoms with van der Waals surface area (Å²) in [4.78, 5) is 0. The highest BCUT2D eigenvalue weighted by Gasteiger charge is 2.44. The van der Waals surface area contributed by atoms with Gasteiger partial charge in [-0.2, -0.15) is 0 Å². The number of hydrogen-bond acceptors (Lipinski definition) is 6. The van der Waals surface area contributed by atoms with Crippen molar-refractivity contribution < 1.29 is 28.1 Å². The van der Waals surface area contributed by atoms with Crippen LogP contribution < -0.4 is 4.74 Å². The quantitative estimate of drug-likeness (QED) is 0.148. The van der Waals surface area contributed by atoms with Crippen molar-refractivity contribution in [3.8, 4) is 5.75 Å². The van der Waals surface area contributed by atoms with E-state index in [1.54, 1.807) is 12.3 Å². The van der Waals surface area contributed by atoms with E-state index in [4.69, 9.17) is 28.1 Å². The SMILES string of the molecule is COc1ccc(COC[C@@H]2O[C@@H](CC/C(=C\CCOC3CCCCO3)[Si](C)(C)C)C[C@@H]2O[Si](C)(C)C(C)(C)C)cc1. The summed E-state index contributed by atoms with van der Waals surface area (Å²) in [5, 5.41) is 1.76. The van der Waals surface area contributed by atoms with Crippen LogP contribution in [0, 0.1) is 0 Å². The Bertz CT molecular complexity index is 929. The van der Waals surface area contributed by atoms with Gasteiger partial charge >= 0.3 is 0 Å². The maximum Gasteiger partial charge on any atom is 0.192 e. The van der Waals surface area contributed by atoms with Crippen LogP contribution in [0.5, 0.6) is 5.75 Å². The van der Waals surface area contributed by atoms with Crippen molar-refractivity contribution in [3.63, 3.8) is 0 Å². The normalized spacial score (nSPS) is 24.6. The highest BCUT2D eigenvalue weighted by atomic mass is 28.4. The number of benzene rings is 1. The molecule has 2 saturated heterocycles. The predicted octanol–water partition coefficient (Wildman–Crippen LogP) is 8.28. The molecule has 0 aromatic heterocycles. The third-order valence-electron chi connectivity index (χ3n) is 8.89. The molecule has 3 rings (SSSR count). The summed E-state index contributed by atoms with van der Waals surface area (Å²) in [5.74, 6) is 0.857. The molecule has 2 aliphatic rings. The molecule has 0 spiro atoms. The molecular weight excluding hydrogens is 549 g/mol. The largest absolute Gasteiger partial charge is 0.497 e. The third kappa shape index (κ3) is 11.2. The lowest BCUT2D eigenvalue weighted by molar-refractivity contribution is -0.161. The molecule has 2 aliphatic heterocycles. The summed E-state index contributed by atoms with van der Waals surface area (Å²) in [6.45, 7) is 21.6. The molecule has 2 heterocycles. The van der Waals surface area contributed by atoms with Crippen molar-refractivity contribution in [1.82, 2.24) is 0 Å². The molecule has 1 unspecified atom stereocenters. The zero-order valence-electron chi connectivity index (χ0n) is 27.4. The van der Waals surface area contributed by atoms with Crippen LogP contribution in [0.3, 0.4) is 0 Å². The van der Waals surface area contributed by atoms with Crippen LogP contribution in [0.2, 0.25) is 37.8 Å². The van der Waals surface area contributed by atoms with Crippen LogP contribution in [-0.2, 0) is 30.0 Å². The lowest BCUT2D eigenvalue weighted by atomic mass is 10.1. The smallest absolute Gasteiger partial charge is 0.192 e. The van der Waals surface area contributed by atoms with E-state index in [0.29, 0.717) is 13.2 Å². The Labute approximate surface area is 252 Å². The van der Waals surface area contributed by atoms with E-state index in [1.165, 1.54) is 6.42 Å². The third-order valence-corrected chi connectivity index (χ3v) is 15.8. The van der Waals surface area contributed by atoms with Crippen molar-refractivity contribution >= 4 is 16.4 Å².